The first-order valence-corrected chi connectivity index (χ1v) is 6.07. The van der Waals surface area contributed by atoms with Crippen molar-refractivity contribution >= 4 is 11.7 Å². The summed E-state index contributed by atoms with van der Waals surface area (Å²) in [7, 11) is 3.04. The second-order valence-corrected chi connectivity index (χ2v) is 4.35. The number of esters is 1. The van der Waals surface area contributed by atoms with Crippen molar-refractivity contribution in [3.8, 4) is 0 Å². The molecule has 6 heteroatoms. The molecule has 0 unspecified atom stereocenters. The smallest absolute Gasteiger partial charge is 0.358 e. The van der Waals surface area contributed by atoms with Crippen LogP contribution in [-0.2, 0) is 16.1 Å². The maximum absolute atomic E-state index is 11.8. The Bertz CT molecular complexity index is 593. The van der Waals surface area contributed by atoms with Crippen LogP contribution in [-0.4, -0.2) is 30.1 Å². The highest BCUT2D eigenvalue weighted by Crippen LogP contribution is 2.26. The lowest BCUT2D eigenvalue weighted by atomic mass is 10.1. The van der Waals surface area contributed by atoms with Crippen LogP contribution < -0.4 is 11.1 Å². The van der Waals surface area contributed by atoms with E-state index in [1.165, 1.54) is 7.11 Å². The molecule has 4 N–H and O–H groups in total. The van der Waals surface area contributed by atoms with Crippen molar-refractivity contribution in [1.29, 1.82) is 0 Å². The summed E-state index contributed by atoms with van der Waals surface area (Å²) in [5, 5.41) is 12.0. The Kier molecular flexibility index (Phi) is 3.95. The van der Waals surface area contributed by atoms with Gasteiger partial charge in [0.15, 0.2) is 5.70 Å². The predicted octanol–water partition coefficient (Wildman–Crippen LogP) is 0.313. The maximum Gasteiger partial charge on any atom is 0.358 e. The zero-order valence-electron chi connectivity index (χ0n) is 11.4. The predicted molar refractivity (Wildman–Crippen MR) is 74.5 cm³/mol. The van der Waals surface area contributed by atoms with Gasteiger partial charge in [0.05, 0.1) is 19.4 Å². The number of carbonyl (C=O) groups excluding carboxylic acids is 1. The largest absolute Gasteiger partial charge is 0.464 e. The van der Waals surface area contributed by atoms with Gasteiger partial charge in [-0.15, -0.1) is 0 Å². The van der Waals surface area contributed by atoms with Gasteiger partial charge in [-0.2, -0.15) is 0 Å². The SMILES string of the molecule is COC(=O)C1=C(N)NC=C(c2cccc(CO)c2)N1C. The lowest BCUT2D eigenvalue weighted by molar-refractivity contribution is -0.137. The summed E-state index contributed by atoms with van der Waals surface area (Å²) in [4.78, 5) is 13.4. The highest BCUT2D eigenvalue weighted by atomic mass is 16.5. The molecule has 0 bridgehead atoms. The summed E-state index contributed by atoms with van der Waals surface area (Å²) < 4.78 is 4.73. The fourth-order valence-corrected chi connectivity index (χ4v) is 2.06. The van der Waals surface area contributed by atoms with E-state index < -0.39 is 5.97 Å². The number of ether oxygens (including phenoxy) is 1. The van der Waals surface area contributed by atoms with E-state index in [9.17, 15) is 9.90 Å². The van der Waals surface area contributed by atoms with Crippen molar-refractivity contribution in [2.75, 3.05) is 14.2 Å². The molecule has 0 saturated carbocycles. The molecule has 0 amide bonds. The molecule has 6 nitrogen and oxygen atoms in total. The van der Waals surface area contributed by atoms with Gasteiger partial charge in [-0.1, -0.05) is 18.2 Å². The van der Waals surface area contributed by atoms with Crippen molar-refractivity contribution < 1.29 is 14.6 Å². The molecule has 1 aliphatic heterocycles. The molecule has 1 aliphatic rings. The van der Waals surface area contributed by atoms with Gasteiger partial charge in [0, 0.05) is 13.2 Å². The minimum Gasteiger partial charge on any atom is -0.464 e. The van der Waals surface area contributed by atoms with Crippen molar-refractivity contribution in [3.05, 3.63) is 53.1 Å². The molecule has 0 radical (unpaired) electrons. The van der Waals surface area contributed by atoms with Gasteiger partial charge in [-0.05, 0) is 17.2 Å². The van der Waals surface area contributed by atoms with Gasteiger partial charge in [0.2, 0.25) is 0 Å². The van der Waals surface area contributed by atoms with E-state index in [0.29, 0.717) is 0 Å². The fourth-order valence-electron chi connectivity index (χ4n) is 2.06. The highest BCUT2D eigenvalue weighted by molar-refractivity contribution is 5.91. The van der Waals surface area contributed by atoms with Crippen LogP contribution in [0.25, 0.3) is 5.70 Å². The molecular weight excluding hydrogens is 258 g/mol. The number of aliphatic hydroxyl groups is 1. The number of benzene rings is 1. The molecule has 0 saturated heterocycles. The summed E-state index contributed by atoms with van der Waals surface area (Å²) in [6.07, 6.45) is 1.71. The molecule has 2 rings (SSSR count). The number of likely N-dealkylation sites (N-methyl/N-ethyl adjacent to an activating group) is 1. The van der Waals surface area contributed by atoms with Gasteiger partial charge in [0.25, 0.3) is 0 Å². The van der Waals surface area contributed by atoms with E-state index in [0.717, 1.165) is 16.8 Å². The third-order valence-corrected chi connectivity index (χ3v) is 3.10. The second kappa shape index (κ2) is 5.66. The Morgan fingerprint density at radius 2 is 2.25 bits per heavy atom. The summed E-state index contributed by atoms with van der Waals surface area (Å²) >= 11 is 0. The number of nitrogens with zero attached hydrogens (tertiary/aromatic N) is 1. The normalized spacial score (nSPS) is 14.8. The van der Waals surface area contributed by atoms with Gasteiger partial charge < -0.3 is 25.8 Å². The van der Waals surface area contributed by atoms with Gasteiger partial charge in [0.1, 0.15) is 5.82 Å². The van der Waals surface area contributed by atoms with E-state index in [1.54, 1.807) is 18.1 Å². The molecule has 0 spiro atoms. The molecule has 1 aromatic carbocycles. The van der Waals surface area contributed by atoms with Crippen LogP contribution in [0.1, 0.15) is 11.1 Å². The van der Waals surface area contributed by atoms with E-state index in [2.05, 4.69) is 5.32 Å². The summed E-state index contributed by atoms with van der Waals surface area (Å²) in [5.74, 6) is -0.275. The third kappa shape index (κ3) is 2.46. The maximum atomic E-state index is 11.8. The highest BCUT2D eigenvalue weighted by Gasteiger charge is 2.25. The van der Waals surface area contributed by atoms with Crippen LogP contribution in [0.15, 0.2) is 42.0 Å². The number of aliphatic hydroxyl groups excluding tert-OH is 1. The van der Waals surface area contributed by atoms with Crippen LogP contribution in [0.4, 0.5) is 0 Å². The first-order valence-electron chi connectivity index (χ1n) is 6.07. The minimum atomic E-state index is -0.513. The van der Waals surface area contributed by atoms with Crippen LogP contribution in [0.5, 0.6) is 0 Å². The van der Waals surface area contributed by atoms with Gasteiger partial charge in [-0.25, -0.2) is 4.79 Å². The number of carbonyl (C=O) groups is 1. The van der Waals surface area contributed by atoms with E-state index >= 15 is 0 Å². The average molecular weight is 275 g/mol. The van der Waals surface area contributed by atoms with Crippen molar-refractivity contribution in [1.82, 2.24) is 10.2 Å². The van der Waals surface area contributed by atoms with Crippen molar-refractivity contribution in [2.45, 2.75) is 6.61 Å². The zero-order chi connectivity index (χ0) is 14.7. The van der Waals surface area contributed by atoms with Crippen molar-refractivity contribution in [2.24, 2.45) is 5.73 Å². The molecular formula is C14H17N3O3. The minimum absolute atomic E-state index is 0.0416. The molecule has 0 fully saturated rings. The van der Waals surface area contributed by atoms with E-state index in [-0.39, 0.29) is 18.1 Å². The lowest BCUT2D eigenvalue weighted by Crippen LogP contribution is -2.35. The Balaban J connectivity index is 2.37. The quantitative estimate of drug-likeness (QED) is 0.688. The van der Waals surface area contributed by atoms with Crippen LogP contribution in [0.3, 0.4) is 0 Å². The summed E-state index contributed by atoms with van der Waals surface area (Å²) in [6, 6.07) is 7.40. The summed E-state index contributed by atoms with van der Waals surface area (Å²) in [6.45, 7) is -0.0416. The molecule has 1 heterocycles. The zero-order valence-corrected chi connectivity index (χ0v) is 11.4. The van der Waals surface area contributed by atoms with Crippen LogP contribution in [0.2, 0.25) is 0 Å². The first-order chi connectivity index (χ1) is 9.58. The standard InChI is InChI=1S/C14H17N3O3/c1-17-11(10-5-3-4-9(6-10)8-18)7-16-13(15)12(17)14(19)20-2/h3-7,16,18H,8,15H2,1-2H3. The monoisotopic (exact) mass is 275 g/mol. The van der Waals surface area contributed by atoms with E-state index in [1.807, 2.05) is 24.3 Å². The van der Waals surface area contributed by atoms with E-state index in [4.69, 9.17) is 10.5 Å². The average Bonchev–Trinajstić information content (AvgIpc) is 2.47. The molecule has 20 heavy (non-hydrogen) atoms. The molecule has 106 valence electrons. The first kappa shape index (κ1) is 14.0. The Labute approximate surface area is 117 Å². The molecule has 0 aliphatic carbocycles. The number of hydrogen-bond donors (Lipinski definition) is 3. The number of rotatable bonds is 3. The Morgan fingerprint density at radius 1 is 1.50 bits per heavy atom. The molecule has 0 aromatic heterocycles. The number of methoxy groups -OCH3 is 1. The van der Waals surface area contributed by atoms with Crippen LogP contribution in [0, 0.1) is 0 Å². The van der Waals surface area contributed by atoms with Gasteiger partial charge >= 0.3 is 5.97 Å². The Morgan fingerprint density at radius 3 is 2.90 bits per heavy atom. The summed E-state index contributed by atoms with van der Waals surface area (Å²) in [5.41, 5.74) is 8.44. The lowest BCUT2D eigenvalue weighted by Gasteiger charge is -2.29. The Hall–Kier alpha value is -2.47. The van der Waals surface area contributed by atoms with Crippen LogP contribution >= 0.6 is 0 Å². The van der Waals surface area contributed by atoms with Crippen molar-refractivity contribution in [3.63, 3.8) is 0 Å². The second-order valence-electron chi connectivity index (χ2n) is 4.35. The number of hydrogen-bond acceptors (Lipinski definition) is 6. The third-order valence-electron chi connectivity index (χ3n) is 3.10. The molecule has 0 atom stereocenters. The molecule has 1 aromatic rings. The fraction of sp³-hybridized carbons (Fsp3) is 0.214. The number of nitrogens with one attached hydrogen (secondary N) is 1. The topological polar surface area (TPSA) is 87.8 Å². The van der Waals surface area contributed by atoms with Gasteiger partial charge in [-0.3, -0.25) is 0 Å². The number of nitrogens with two attached hydrogens (primary N) is 1.